The summed E-state index contributed by atoms with van der Waals surface area (Å²) in [7, 11) is 0. The average molecular weight is 419 g/mol. The Hall–Kier alpha value is -3.75. The van der Waals surface area contributed by atoms with Crippen molar-refractivity contribution in [2.45, 2.75) is 38.4 Å². The van der Waals surface area contributed by atoms with Gasteiger partial charge in [-0.15, -0.1) is 0 Å². The molecule has 5 amide bonds. The number of pyridine rings is 1. The first kappa shape index (κ1) is 19.2. The molecule has 0 aliphatic carbocycles. The van der Waals surface area contributed by atoms with E-state index in [0.29, 0.717) is 30.8 Å². The maximum Gasteiger partial charge on any atom is 0.322 e. The monoisotopic (exact) mass is 419 g/mol. The zero-order chi connectivity index (χ0) is 21.5. The van der Waals surface area contributed by atoms with Crippen LogP contribution < -0.4 is 10.6 Å². The predicted octanol–water partition coefficient (Wildman–Crippen LogP) is 1.43. The molecule has 2 N–H and O–H groups in total. The van der Waals surface area contributed by atoms with Crippen LogP contribution in [-0.4, -0.2) is 51.1 Å². The lowest BCUT2D eigenvalue weighted by Gasteiger charge is -2.29. The quantitative estimate of drug-likeness (QED) is 0.716. The lowest BCUT2D eigenvalue weighted by atomic mass is 10.0. The summed E-state index contributed by atoms with van der Waals surface area (Å²) >= 11 is 0. The molecule has 2 aromatic rings. The van der Waals surface area contributed by atoms with Crippen molar-refractivity contribution in [1.29, 1.82) is 0 Å². The van der Waals surface area contributed by atoms with Crippen LogP contribution in [0.4, 0.5) is 10.5 Å². The van der Waals surface area contributed by atoms with Crippen LogP contribution >= 0.6 is 0 Å². The lowest BCUT2D eigenvalue weighted by Crippen LogP contribution is -2.52. The summed E-state index contributed by atoms with van der Waals surface area (Å²) in [5, 5.41) is 5.20. The molecule has 158 valence electrons. The molecule has 1 aromatic heterocycles. The molecule has 3 aliphatic rings. The molecule has 1 aromatic carbocycles. The number of urea groups is 1. The number of nitrogens with zero attached hydrogens (tertiary/aromatic N) is 3. The number of fused-ring (bicyclic) bond motifs is 2. The highest BCUT2D eigenvalue weighted by Crippen LogP contribution is 2.29. The largest absolute Gasteiger partial charge is 0.322 e. The maximum absolute atomic E-state index is 12.8. The van der Waals surface area contributed by atoms with Crippen molar-refractivity contribution in [3.05, 3.63) is 58.9 Å². The van der Waals surface area contributed by atoms with Crippen LogP contribution in [0.2, 0.25) is 0 Å². The molecule has 5 rings (SSSR count). The summed E-state index contributed by atoms with van der Waals surface area (Å²) in [5.41, 5.74) is 3.92. The normalized spacial score (nSPS) is 20.3. The van der Waals surface area contributed by atoms with E-state index >= 15 is 0 Å². The molecule has 0 spiro atoms. The number of amides is 5. The van der Waals surface area contributed by atoms with E-state index in [0.717, 1.165) is 23.2 Å². The number of aromatic nitrogens is 1. The summed E-state index contributed by atoms with van der Waals surface area (Å²) in [5.74, 6) is -0.989. The maximum atomic E-state index is 12.8. The van der Waals surface area contributed by atoms with Gasteiger partial charge in [-0.3, -0.25) is 24.7 Å². The summed E-state index contributed by atoms with van der Waals surface area (Å²) in [6.07, 6.45) is 3.02. The summed E-state index contributed by atoms with van der Waals surface area (Å²) in [6.45, 7) is 1.33. The zero-order valence-corrected chi connectivity index (χ0v) is 16.8. The summed E-state index contributed by atoms with van der Waals surface area (Å²) < 4.78 is 0. The SMILES string of the molecule is O=C1CCC(N2Cc3cc(NC(=O)N4CCc5cccnc5C4)ccc3C2=O)C(=O)N1. The van der Waals surface area contributed by atoms with Gasteiger partial charge >= 0.3 is 6.03 Å². The third-order valence-electron chi connectivity index (χ3n) is 6.04. The van der Waals surface area contributed by atoms with Gasteiger partial charge in [-0.2, -0.15) is 0 Å². The number of carbonyl (C=O) groups is 4. The minimum Gasteiger partial charge on any atom is -0.322 e. The fourth-order valence-electron chi connectivity index (χ4n) is 4.38. The van der Waals surface area contributed by atoms with Crippen molar-refractivity contribution in [2.24, 2.45) is 0 Å². The van der Waals surface area contributed by atoms with Gasteiger partial charge in [-0.05, 0) is 48.2 Å². The van der Waals surface area contributed by atoms with Gasteiger partial charge in [0.15, 0.2) is 0 Å². The molecule has 3 aliphatic heterocycles. The van der Waals surface area contributed by atoms with E-state index < -0.39 is 11.9 Å². The first-order valence-electron chi connectivity index (χ1n) is 10.3. The Balaban J connectivity index is 1.28. The first-order valence-corrected chi connectivity index (χ1v) is 10.3. The number of nitrogens with one attached hydrogen (secondary N) is 2. The lowest BCUT2D eigenvalue weighted by molar-refractivity contribution is -0.136. The highest BCUT2D eigenvalue weighted by molar-refractivity contribution is 6.05. The van der Waals surface area contributed by atoms with Crippen LogP contribution in [0, 0.1) is 0 Å². The Kier molecular flexibility index (Phi) is 4.65. The Morgan fingerprint density at radius 1 is 1.10 bits per heavy atom. The van der Waals surface area contributed by atoms with Gasteiger partial charge in [-0.25, -0.2) is 4.79 Å². The highest BCUT2D eigenvalue weighted by Gasteiger charge is 2.39. The van der Waals surface area contributed by atoms with Crippen LogP contribution in [-0.2, 0) is 29.1 Å². The molecule has 4 heterocycles. The second kappa shape index (κ2) is 7.50. The third-order valence-corrected chi connectivity index (χ3v) is 6.04. The van der Waals surface area contributed by atoms with Crippen LogP contribution in [0.5, 0.6) is 0 Å². The van der Waals surface area contributed by atoms with Crippen LogP contribution in [0.25, 0.3) is 0 Å². The van der Waals surface area contributed by atoms with Gasteiger partial charge in [0.1, 0.15) is 6.04 Å². The number of benzene rings is 1. The van der Waals surface area contributed by atoms with Crippen molar-refractivity contribution in [3.8, 4) is 0 Å². The average Bonchev–Trinajstić information content (AvgIpc) is 3.09. The second-order valence-corrected chi connectivity index (χ2v) is 7.98. The second-order valence-electron chi connectivity index (χ2n) is 7.98. The van der Waals surface area contributed by atoms with Gasteiger partial charge < -0.3 is 15.1 Å². The molecular formula is C22H21N5O4. The van der Waals surface area contributed by atoms with Gasteiger partial charge in [-0.1, -0.05) is 6.07 Å². The highest BCUT2D eigenvalue weighted by atomic mass is 16.2. The minimum absolute atomic E-state index is 0.214. The fourth-order valence-corrected chi connectivity index (χ4v) is 4.38. The molecule has 1 saturated heterocycles. The van der Waals surface area contributed by atoms with Gasteiger partial charge in [0.25, 0.3) is 5.91 Å². The first-order chi connectivity index (χ1) is 15.0. The minimum atomic E-state index is -0.656. The van der Waals surface area contributed by atoms with Crippen molar-refractivity contribution in [3.63, 3.8) is 0 Å². The summed E-state index contributed by atoms with van der Waals surface area (Å²) in [4.78, 5) is 56.7. The van der Waals surface area contributed by atoms with E-state index in [1.54, 1.807) is 29.3 Å². The molecule has 9 heteroatoms. The number of imide groups is 1. The Morgan fingerprint density at radius 3 is 2.81 bits per heavy atom. The Labute approximate surface area is 178 Å². The van der Waals surface area contributed by atoms with Crippen molar-refractivity contribution >= 4 is 29.4 Å². The topological polar surface area (TPSA) is 112 Å². The van der Waals surface area contributed by atoms with Gasteiger partial charge in [0.2, 0.25) is 11.8 Å². The van der Waals surface area contributed by atoms with E-state index in [9.17, 15) is 19.2 Å². The molecule has 1 unspecified atom stereocenters. The zero-order valence-electron chi connectivity index (χ0n) is 16.8. The molecule has 9 nitrogen and oxygen atoms in total. The van der Waals surface area contributed by atoms with E-state index in [2.05, 4.69) is 15.6 Å². The van der Waals surface area contributed by atoms with Crippen LogP contribution in [0.3, 0.4) is 0 Å². The number of rotatable bonds is 2. The fraction of sp³-hybridized carbons (Fsp3) is 0.318. The van der Waals surface area contributed by atoms with E-state index in [1.807, 2.05) is 12.1 Å². The predicted molar refractivity (Wildman–Crippen MR) is 110 cm³/mol. The molecule has 31 heavy (non-hydrogen) atoms. The van der Waals surface area contributed by atoms with Crippen molar-refractivity contribution in [2.75, 3.05) is 11.9 Å². The molecule has 1 fully saturated rings. The molecule has 0 bridgehead atoms. The van der Waals surface area contributed by atoms with Crippen molar-refractivity contribution in [1.82, 2.24) is 20.1 Å². The standard InChI is InChI=1S/C22H21N5O4/c28-19-6-5-18(20(29)25-19)27-11-14-10-15(3-4-16(14)21(27)30)24-22(31)26-9-7-13-2-1-8-23-17(13)12-26/h1-4,8,10,18H,5-7,9,11-12H2,(H,24,31)(H,25,28,29). The molecule has 0 saturated carbocycles. The Bertz CT molecular complexity index is 1110. The molecule has 0 radical (unpaired) electrons. The van der Waals surface area contributed by atoms with E-state index in [-0.39, 0.29) is 30.8 Å². The Morgan fingerprint density at radius 2 is 1.97 bits per heavy atom. The smallest absolute Gasteiger partial charge is 0.322 e. The molecule has 1 atom stereocenters. The number of hydrogen-bond donors (Lipinski definition) is 2. The number of hydrogen-bond acceptors (Lipinski definition) is 5. The number of anilines is 1. The van der Waals surface area contributed by atoms with E-state index in [4.69, 9.17) is 0 Å². The number of carbonyl (C=O) groups excluding carboxylic acids is 4. The number of piperidine rings is 1. The van der Waals surface area contributed by atoms with Gasteiger partial charge in [0.05, 0.1) is 12.2 Å². The van der Waals surface area contributed by atoms with E-state index in [1.165, 1.54) is 4.90 Å². The summed E-state index contributed by atoms with van der Waals surface area (Å²) in [6, 6.07) is 8.19. The van der Waals surface area contributed by atoms with Crippen LogP contribution in [0.15, 0.2) is 36.5 Å². The molecular weight excluding hydrogens is 398 g/mol. The van der Waals surface area contributed by atoms with Crippen LogP contribution in [0.1, 0.15) is 40.0 Å². The third kappa shape index (κ3) is 3.52. The van der Waals surface area contributed by atoms with Gasteiger partial charge in [0, 0.05) is 37.0 Å². The van der Waals surface area contributed by atoms with Crippen molar-refractivity contribution < 1.29 is 19.2 Å².